The second-order valence-corrected chi connectivity index (χ2v) is 6.92. The molecule has 9 heteroatoms. The normalized spacial score (nSPS) is 10.5. The van der Waals surface area contributed by atoms with Crippen LogP contribution < -0.4 is 5.32 Å². The van der Waals surface area contributed by atoms with E-state index in [0.29, 0.717) is 22.1 Å². The van der Waals surface area contributed by atoms with Gasteiger partial charge in [0.2, 0.25) is 5.91 Å². The third kappa shape index (κ3) is 4.55. The Bertz CT molecular complexity index is 1020. The number of anilines is 1. The van der Waals surface area contributed by atoms with Gasteiger partial charge in [-0.1, -0.05) is 23.9 Å². The molecule has 0 atom stereocenters. The van der Waals surface area contributed by atoms with Crippen LogP contribution in [0, 0.1) is 13.8 Å². The van der Waals surface area contributed by atoms with E-state index in [1.165, 1.54) is 25.2 Å². The van der Waals surface area contributed by atoms with Crippen molar-refractivity contribution in [3.05, 3.63) is 59.7 Å². The Balaban J connectivity index is 1.67. The number of rotatable bonds is 6. The highest BCUT2D eigenvalue weighted by atomic mass is 32.2. The second kappa shape index (κ2) is 8.66. The predicted molar refractivity (Wildman–Crippen MR) is 106 cm³/mol. The molecule has 2 aromatic heterocycles. The van der Waals surface area contributed by atoms with Crippen LogP contribution in [-0.2, 0) is 9.53 Å². The molecule has 0 fully saturated rings. The van der Waals surface area contributed by atoms with Crippen LogP contribution in [0.25, 0.3) is 5.82 Å². The standard InChI is InChI=1S/C19H19N5O3S/c1-12-8-13(2)24(23-12)16-9-18(21-11-20-16)28-10-17(25)22-15-7-5-4-6-14(15)19(26)27-3/h4-9,11H,10H2,1-3H3,(H,22,25). The first-order chi connectivity index (χ1) is 13.5. The molecule has 3 rings (SSSR count). The number of carbonyl (C=O) groups excluding carboxylic acids is 2. The molecule has 0 spiro atoms. The van der Waals surface area contributed by atoms with Gasteiger partial charge in [-0.2, -0.15) is 5.10 Å². The van der Waals surface area contributed by atoms with E-state index in [1.54, 1.807) is 35.0 Å². The zero-order valence-corrected chi connectivity index (χ0v) is 16.5. The molecule has 0 saturated heterocycles. The minimum absolute atomic E-state index is 0.128. The third-order valence-corrected chi connectivity index (χ3v) is 4.74. The molecule has 0 radical (unpaired) electrons. The fraction of sp³-hybridized carbons (Fsp3) is 0.211. The van der Waals surface area contributed by atoms with Gasteiger partial charge < -0.3 is 10.1 Å². The minimum atomic E-state index is -0.506. The molecule has 28 heavy (non-hydrogen) atoms. The van der Waals surface area contributed by atoms with Crippen LogP contribution in [0.5, 0.6) is 0 Å². The average Bonchev–Trinajstić information content (AvgIpc) is 3.04. The largest absolute Gasteiger partial charge is 0.465 e. The predicted octanol–water partition coefficient (Wildman–Crippen LogP) is 2.80. The molecule has 144 valence electrons. The van der Waals surface area contributed by atoms with Crippen molar-refractivity contribution in [3.63, 3.8) is 0 Å². The van der Waals surface area contributed by atoms with Gasteiger partial charge in [0.1, 0.15) is 11.4 Å². The van der Waals surface area contributed by atoms with Gasteiger partial charge in [-0.15, -0.1) is 0 Å². The number of carbonyl (C=O) groups is 2. The van der Waals surface area contributed by atoms with Gasteiger partial charge in [-0.3, -0.25) is 4.79 Å². The zero-order valence-electron chi connectivity index (χ0n) is 15.7. The summed E-state index contributed by atoms with van der Waals surface area (Å²) in [5.74, 6) is 0.00403. The van der Waals surface area contributed by atoms with E-state index in [9.17, 15) is 9.59 Å². The number of aryl methyl sites for hydroxylation is 2. The summed E-state index contributed by atoms with van der Waals surface area (Å²) in [6.07, 6.45) is 1.44. The van der Waals surface area contributed by atoms with Gasteiger partial charge in [-0.25, -0.2) is 19.4 Å². The molecule has 3 aromatic rings. The number of thioether (sulfide) groups is 1. The number of amides is 1. The van der Waals surface area contributed by atoms with E-state index in [-0.39, 0.29) is 11.7 Å². The molecule has 1 aromatic carbocycles. The van der Waals surface area contributed by atoms with Crippen LogP contribution >= 0.6 is 11.8 Å². The molecule has 1 amide bonds. The van der Waals surface area contributed by atoms with Crippen LogP contribution in [0.15, 0.2) is 47.8 Å². The Morgan fingerprint density at radius 2 is 1.96 bits per heavy atom. The summed E-state index contributed by atoms with van der Waals surface area (Å²) >= 11 is 1.27. The first-order valence-corrected chi connectivity index (χ1v) is 9.42. The van der Waals surface area contributed by atoms with E-state index in [0.717, 1.165) is 11.4 Å². The number of methoxy groups -OCH3 is 1. The number of nitrogens with one attached hydrogen (secondary N) is 1. The first kappa shape index (κ1) is 19.6. The summed E-state index contributed by atoms with van der Waals surface area (Å²) in [5.41, 5.74) is 2.57. The van der Waals surface area contributed by atoms with Gasteiger partial charge in [0.05, 0.1) is 29.8 Å². The summed E-state index contributed by atoms with van der Waals surface area (Å²) in [4.78, 5) is 32.5. The van der Waals surface area contributed by atoms with Crippen molar-refractivity contribution in [2.75, 3.05) is 18.2 Å². The lowest BCUT2D eigenvalue weighted by molar-refractivity contribution is -0.113. The number of nitrogens with zero attached hydrogens (tertiary/aromatic N) is 4. The average molecular weight is 397 g/mol. The molecular formula is C19H19N5O3S. The topological polar surface area (TPSA) is 99.0 Å². The maximum atomic E-state index is 12.3. The summed E-state index contributed by atoms with van der Waals surface area (Å²) in [6.45, 7) is 3.86. The Morgan fingerprint density at radius 3 is 2.68 bits per heavy atom. The van der Waals surface area contributed by atoms with Crippen molar-refractivity contribution in [3.8, 4) is 5.82 Å². The number of hydrogen-bond acceptors (Lipinski definition) is 7. The third-order valence-electron chi connectivity index (χ3n) is 3.81. The fourth-order valence-corrected chi connectivity index (χ4v) is 3.25. The maximum Gasteiger partial charge on any atom is 0.339 e. The van der Waals surface area contributed by atoms with Gasteiger partial charge in [0.25, 0.3) is 0 Å². The lowest BCUT2D eigenvalue weighted by Gasteiger charge is -2.09. The molecule has 0 unspecified atom stereocenters. The number of aromatic nitrogens is 4. The van der Waals surface area contributed by atoms with Crippen molar-refractivity contribution < 1.29 is 14.3 Å². The summed E-state index contributed by atoms with van der Waals surface area (Å²) in [7, 11) is 1.30. The molecule has 0 aliphatic rings. The number of ether oxygens (including phenoxy) is 1. The molecular weight excluding hydrogens is 378 g/mol. The zero-order chi connectivity index (χ0) is 20.1. The number of para-hydroxylation sites is 1. The van der Waals surface area contributed by atoms with E-state index in [4.69, 9.17) is 4.74 Å². The monoisotopic (exact) mass is 397 g/mol. The SMILES string of the molecule is COC(=O)c1ccccc1NC(=O)CSc1cc(-n2nc(C)cc2C)ncn1. The Hall–Kier alpha value is -3.20. The van der Waals surface area contributed by atoms with E-state index in [1.807, 2.05) is 19.9 Å². The molecule has 2 heterocycles. The Morgan fingerprint density at radius 1 is 1.18 bits per heavy atom. The van der Waals surface area contributed by atoms with Crippen LogP contribution in [-0.4, -0.2) is 44.5 Å². The van der Waals surface area contributed by atoms with Gasteiger partial charge >= 0.3 is 5.97 Å². The second-order valence-electron chi connectivity index (χ2n) is 5.93. The highest BCUT2D eigenvalue weighted by Gasteiger charge is 2.14. The van der Waals surface area contributed by atoms with Crippen LogP contribution in [0.4, 0.5) is 5.69 Å². The molecule has 0 saturated carbocycles. The smallest absolute Gasteiger partial charge is 0.339 e. The van der Waals surface area contributed by atoms with Gasteiger partial charge in [0, 0.05) is 11.8 Å². The number of esters is 1. The van der Waals surface area contributed by atoms with Crippen molar-refractivity contribution in [1.29, 1.82) is 0 Å². The van der Waals surface area contributed by atoms with Crippen molar-refractivity contribution in [2.24, 2.45) is 0 Å². The van der Waals surface area contributed by atoms with E-state index < -0.39 is 5.97 Å². The van der Waals surface area contributed by atoms with Crippen molar-refractivity contribution >= 4 is 29.3 Å². The van der Waals surface area contributed by atoms with Crippen molar-refractivity contribution in [1.82, 2.24) is 19.7 Å². The summed E-state index contributed by atoms with van der Waals surface area (Å²) in [6, 6.07) is 10.4. The Kier molecular flexibility index (Phi) is 6.05. The van der Waals surface area contributed by atoms with Crippen LogP contribution in [0.2, 0.25) is 0 Å². The highest BCUT2D eigenvalue weighted by Crippen LogP contribution is 2.20. The van der Waals surface area contributed by atoms with Crippen molar-refractivity contribution in [2.45, 2.75) is 18.9 Å². The van der Waals surface area contributed by atoms with Crippen LogP contribution in [0.1, 0.15) is 21.7 Å². The minimum Gasteiger partial charge on any atom is -0.465 e. The number of hydrogen-bond donors (Lipinski definition) is 1. The van der Waals surface area contributed by atoms with Crippen LogP contribution in [0.3, 0.4) is 0 Å². The molecule has 1 N–H and O–H groups in total. The lowest BCUT2D eigenvalue weighted by Crippen LogP contribution is -2.17. The first-order valence-electron chi connectivity index (χ1n) is 8.43. The van der Waals surface area contributed by atoms with Gasteiger partial charge in [0.15, 0.2) is 5.82 Å². The Labute approximate surface area is 166 Å². The van der Waals surface area contributed by atoms with Gasteiger partial charge in [-0.05, 0) is 32.0 Å². The maximum absolute atomic E-state index is 12.3. The summed E-state index contributed by atoms with van der Waals surface area (Å²) in [5, 5.41) is 7.78. The molecule has 0 bridgehead atoms. The number of benzene rings is 1. The molecule has 0 aliphatic heterocycles. The van der Waals surface area contributed by atoms with E-state index in [2.05, 4.69) is 20.4 Å². The highest BCUT2D eigenvalue weighted by molar-refractivity contribution is 7.99. The quantitative estimate of drug-likeness (QED) is 0.388. The fourth-order valence-electron chi connectivity index (χ4n) is 2.59. The molecule has 8 nitrogen and oxygen atoms in total. The molecule has 0 aliphatic carbocycles. The lowest BCUT2D eigenvalue weighted by atomic mass is 10.2. The summed E-state index contributed by atoms with van der Waals surface area (Å²) < 4.78 is 6.46. The van der Waals surface area contributed by atoms with E-state index >= 15 is 0 Å².